The minimum atomic E-state index is -2.60. The highest BCUT2D eigenvalue weighted by atomic mass is 28.3. The summed E-state index contributed by atoms with van der Waals surface area (Å²) in [7, 11) is -2.60. The topological polar surface area (TPSA) is 3.24 Å². The number of rotatable bonds is 8. The SMILES string of the molecule is CC1(C)c2cccc3ccc4cc(N(c5ccc(-c6ccc([Si](c7ccccc7)(c7ccccc7)c7ccccc7)cc6)cc5)c5cccc6ccccc56)cc1c4c23. The van der Waals surface area contributed by atoms with Crippen LogP contribution in [-0.2, 0) is 5.41 Å². The van der Waals surface area contributed by atoms with Crippen LogP contribution in [0.25, 0.3) is 43.4 Å². The highest BCUT2D eigenvalue weighted by Gasteiger charge is 2.41. The average molecular weight is 770 g/mol. The van der Waals surface area contributed by atoms with Crippen LogP contribution in [0.3, 0.4) is 0 Å². The summed E-state index contributed by atoms with van der Waals surface area (Å²) in [6.07, 6.45) is 0. The van der Waals surface area contributed by atoms with E-state index in [2.05, 4.69) is 243 Å². The van der Waals surface area contributed by atoms with Crippen LogP contribution >= 0.6 is 0 Å². The quantitative estimate of drug-likeness (QED) is 0.0845. The van der Waals surface area contributed by atoms with Crippen LogP contribution in [0.5, 0.6) is 0 Å². The Bertz CT molecular complexity index is 3050. The number of hydrogen-bond donors (Lipinski definition) is 0. The summed E-state index contributed by atoms with van der Waals surface area (Å²) in [5, 5.41) is 13.4. The van der Waals surface area contributed by atoms with E-state index in [1.807, 2.05) is 0 Å². The molecule has 0 saturated carbocycles. The van der Waals surface area contributed by atoms with Crippen molar-refractivity contribution in [3.05, 3.63) is 236 Å². The average Bonchev–Trinajstić information content (AvgIpc) is 3.54. The van der Waals surface area contributed by atoms with E-state index in [1.54, 1.807) is 0 Å². The summed E-state index contributed by atoms with van der Waals surface area (Å²) < 4.78 is 0. The Morgan fingerprint density at radius 3 is 1.49 bits per heavy atom. The molecule has 10 aromatic rings. The second-order valence-electron chi connectivity index (χ2n) is 16.5. The largest absolute Gasteiger partial charge is 0.310 e. The lowest BCUT2D eigenvalue weighted by Crippen LogP contribution is -2.74. The molecule has 0 bridgehead atoms. The van der Waals surface area contributed by atoms with Gasteiger partial charge in [-0.25, -0.2) is 0 Å². The van der Waals surface area contributed by atoms with Gasteiger partial charge >= 0.3 is 0 Å². The molecule has 280 valence electrons. The van der Waals surface area contributed by atoms with Crippen LogP contribution in [0.4, 0.5) is 17.1 Å². The van der Waals surface area contributed by atoms with E-state index in [4.69, 9.17) is 0 Å². The fourth-order valence-electron chi connectivity index (χ4n) is 10.1. The number of hydrogen-bond acceptors (Lipinski definition) is 1. The fraction of sp³-hybridized carbons (Fsp3) is 0.0526. The van der Waals surface area contributed by atoms with E-state index in [9.17, 15) is 0 Å². The molecule has 0 spiro atoms. The predicted molar refractivity (Wildman–Crippen MR) is 255 cm³/mol. The molecule has 11 rings (SSSR count). The molecule has 0 heterocycles. The van der Waals surface area contributed by atoms with Crippen molar-refractivity contribution in [2.75, 3.05) is 4.90 Å². The van der Waals surface area contributed by atoms with E-state index in [-0.39, 0.29) is 5.41 Å². The molecule has 1 aliphatic carbocycles. The fourth-order valence-corrected chi connectivity index (χ4v) is 14.9. The molecule has 1 nitrogen and oxygen atoms in total. The van der Waals surface area contributed by atoms with Crippen molar-refractivity contribution < 1.29 is 0 Å². The molecule has 0 N–H and O–H groups in total. The van der Waals surface area contributed by atoms with Crippen molar-refractivity contribution >= 4 is 78.2 Å². The number of nitrogens with zero attached hydrogens (tertiary/aromatic N) is 1. The van der Waals surface area contributed by atoms with Gasteiger partial charge in [0.2, 0.25) is 0 Å². The van der Waals surface area contributed by atoms with E-state index in [0.29, 0.717) is 0 Å². The molecular formula is C57H43NSi. The van der Waals surface area contributed by atoms with Gasteiger partial charge in [-0.3, -0.25) is 0 Å². The Kier molecular flexibility index (Phi) is 8.25. The van der Waals surface area contributed by atoms with Gasteiger partial charge in [-0.2, -0.15) is 0 Å². The van der Waals surface area contributed by atoms with Crippen molar-refractivity contribution in [2.24, 2.45) is 0 Å². The van der Waals surface area contributed by atoms with Crippen molar-refractivity contribution in [1.29, 1.82) is 0 Å². The number of anilines is 3. The normalized spacial score (nSPS) is 13.1. The second-order valence-corrected chi connectivity index (χ2v) is 20.3. The van der Waals surface area contributed by atoms with Crippen LogP contribution < -0.4 is 25.6 Å². The lowest BCUT2D eigenvalue weighted by Gasteiger charge is -2.34. The smallest absolute Gasteiger partial charge is 0.179 e. The predicted octanol–water partition coefficient (Wildman–Crippen LogP) is 12.3. The van der Waals surface area contributed by atoms with Gasteiger partial charge in [-0.05, 0) is 100 Å². The maximum Gasteiger partial charge on any atom is 0.179 e. The maximum absolute atomic E-state index is 2.60. The summed E-state index contributed by atoms with van der Waals surface area (Å²) in [5.41, 5.74) is 8.56. The van der Waals surface area contributed by atoms with Gasteiger partial charge in [0.25, 0.3) is 0 Å². The van der Waals surface area contributed by atoms with E-state index >= 15 is 0 Å². The zero-order valence-corrected chi connectivity index (χ0v) is 34.3. The third kappa shape index (κ3) is 5.51. The van der Waals surface area contributed by atoms with Crippen molar-refractivity contribution in [2.45, 2.75) is 19.3 Å². The minimum absolute atomic E-state index is 0.111. The highest BCUT2D eigenvalue weighted by Crippen LogP contribution is 2.51. The summed E-state index contributed by atoms with van der Waals surface area (Å²) >= 11 is 0. The van der Waals surface area contributed by atoms with Gasteiger partial charge in [0.1, 0.15) is 0 Å². The molecular weight excluding hydrogens is 727 g/mol. The molecule has 1 aliphatic rings. The first kappa shape index (κ1) is 35.2. The number of fused-ring (bicyclic) bond motifs is 1. The maximum atomic E-state index is 2.47. The van der Waals surface area contributed by atoms with Gasteiger partial charge in [0, 0.05) is 22.2 Å². The van der Waals surface area contributed by atoms with Gasteiger partial charge in [-0.15, -0.1) is 0 Å². The zero-order chi connectivity index (χ0) is 39.6. The molecule has 0 saturated heterocycles. The first-order chi connectivity index (χ1) is 29.0. The minimum Gasteiger partial charge on any atom is -0.310 e. The molecule has 0 aliphatic heterocycles. The Labute approximate surface area is 347 Å². The van der Waals surface area contributed by atoms with Gasteiger partial charge in [0.05, 0.1) is 5.69 Å². The first-order valence-corrected chi connectivity index (χ1v) is 22.7. The van der Waals surface area contributed by atoms with Crippen LogP contribution in [0.2, 0.25) is 0 Å². The molecule has 0 atom stereocenters. The van der Waals surface area contributed by atoms with Crippen LogP contribution in [-0.4, -0.2) is 8.07 Å². The monoisotopic (exact) mass is 769 g/mol. The Morgan fingerprint density at radius 2 is 0.847 bits per heavy atom. The summed E-state index contributed by atoms with van der Waals surface area (Å²) in [6, 6.07) is 83.7. The lowest BCUT2D eigenvalue weighted by atomic mass is 9.81. The van der Waals surface area contributed by atoms with Crippen LogP contribution in [0, 0.1) is 0 Å². The summed E-state index contributed by atoms with van der Waals surface area (Å²) in [5.74, 6) is 0. The Morgan fingerprint density at radius 1 is 0.356 bits per heavy atom. The third-order valence-corrected chi connectivity index (χ3v) is 17.7. The molecule has 0 unspecified atom stereocenters. The molecule has 0 radical (unpaired) electrons. The molecule has 2 heteroatoms. The number of benzene rings is 10. The first-order valence-electron chi connectivity index (χ1n) is 20.7. The van der Waals surface area contributed by atoms with E-state index in [0.717, 1.165) is 5.69 Å². The standard InChI is InChI=1S/C57H43NSi/c1-57(2)52-26-14-18-43-28-29-44-38-46(39-53(57)56(44)55(43)52)58(54-27-15-17-42-16-12-13-25-51(42)54)45-34-30-40(31-35-45)41-32-36-50(37-33-41)59(47-19-6-3-7-20-47,48-21-8-4-9-22-48)49-23-10-5-11-24-49/h3-39H,1-2H3. The van der Waals surface area contributed by atoms with Crippen LogP contribution in [0.1, 0.15) is 25.0 Å². The van der Waals surface area contributed by atoms with Crippen molar-refractivity contribution in [3.63, 3.8) is 0 Å². The van der Waals surface area contributed by atoms with E-state index in [1.165, 1.54) is 86.7 Å². The van der Waals surface area contributed by atoms with Gasteiger partial charge in [-0.1, -0.05) is 208 Å². The van der Waals surface area contributed by atoms with Crippen molar-refractivity contribution in [1.82, 2.24) is 0 Å². The molecule has 10 aromatic carbocycles. The molecule has 0 fully saturated rings. The Balaban J connectivity index is 1.03. The molecule has 0 aromatic heterocycles. The summed E-state index contributed by atoms with van der Waals surface area (Å²) in [4.78, 5) is 2.47. The lowest BCUT2D eigenvalue weighted by molar-refractivity contribution is 0.663. The Hall–Kier alpha value is -7.00. The molecule has 0 amide bonds. The molecule has 59 heavy (non-hydrogen) atoms. The van der Waals surface area contributed by atoms with Gasteiger partial charge in [0.15, 0.2) is 8.07 Å². The van der Waals surface area contributed by atoms with E-state index < -0.39 is 8.07 Å². The van der Waals surface area contributed by atoms with Crippen molar-refractivity contribution in [3.8, 4) is 11.1 Å². The summed E-state index contributed by atoms with van der Waals surface area (Å²) in [6.45, 7) is 4.77. The zero-order valence-electron chi connectivity index (χ0n) is 33.3. The second kappa shape index (κ2) is 13.8. The van der Waals surface area contributed by atoms with Gasteiger partial charge < -0.3 is 4.90 Å². The van der Waals surface area contributed by atoms with Crippen LogP contribution in [0.15, 0.2) is 224 Å². The highest BCUT2D eigenvalue weighted by molar-refractivity contribution is 7.19. The third-order valence-electron chi connectivity index (χ3n) is 13.0.